The Hall–Kier alpha value is -3.88. The maximum absolute atomic E-state index is 13.5. The molecule has 0 amide bonds. The van der Waals surface area contributed by atoms with E-state index in [1.165, 1.54) is 12.1 Å². The number of fused-ring (bicyclic) bond motifs is 2. The molecule has 0 fully saturated rings. The lowest BCUT2D eigenvalue weighted by Gasteiger charge is -2.37. The highest BCUT2D eigenvalue weighted by Gasteiger charge is 2.31. The molecule has 5 nitrogen and oxygen atoms in total. The second kappa shape index (κ2) is 12.3. The zero-order valence-corrected chi connectivity index (χ0v) is 26.3. The van der Waals surface area contributed by atoms with Gasteiger partial charge in [0.15, 0.2) is 5.43 Å². The van der Waals surface area contributed by atoms with Crippen molar-refractivity contribution >= 4 is 21.9 Å². The van der Waals surface area contributed by atoms with Gasteiger partial charge in [-0.1, -0.05) is 31.2 Å². The summed E-state index contributed by atoms with van der Waals surface area (Å²) >= 11 is 0. The van der Waals surface area contributed by atoms with Crippen molar-refractivity contribution in [3.8, 4) is 5.69 Å². The second-order valence-corrected chi connectivity index (χ2v) is 12.6. The number of para-hydroxylation sites is 1. The average Bonchev–Trinajstić information content (AvgIpc) is 3.34. The van der Waals surface area contributed by atoms with Crippen molar-refractivity contribution in [1.82, 2.24) is 14.4 Å². The molecule has 2 aromatic heterocycles. The van der Waals surface area contributed by atoms with Crippen LogP contribution < -0.4 is 5.43 Å². The third kappa shape index (κ3) is 6.61. The van der Waals surface area contributed by atoms with Gasteiger partial charge < -0.3 is 8.98 Å². The summed E-state index contributed by atoms with van der Waals surface area (Å²) in [6.07, 6.45) is -0.863. The van der Waals surface area contributed by atoms with E-state index in [1.807, 2.05) is 61.0 Å². The molecule has 0 bridgehead atoms. The molecule has 0 aliphatic carbocycles. The van der Waals surface area contributed by atoms with E-state index in [9.17, 15) is 18.0 Å². The van der Waals surface area contributed by atoms with E-state index >= 15 is 0 Å². The molecule has 2 heterocycles. The van der Waals surface area contributed by atoms with Gasteiger partial charge in [-0.25, -0.2) is 0 Å². The van der Waals surface area contributed by atoms with Crippen molar-refractivity contribution in [1.29, 1.82) is 0 Å². The molecule has 0 aliphatic rings. The Morgan fingerprint density at radius 2 is 1.57 bits per heavy atom. The Kier molecular flexibility index (Phi) is 8.78. The van der Waals surface area contributed by atoms with Crippen LogP contribution in [0.25, 0.3) is 27.6 Å². The van der Waals surface area contributed by atoms with E-state index in [-0.39, 0.29) is 11.0 Å². The van der Waals surface area contributed by atoms with Gasteiger partial charge >= 0.3 is 6.18 Å². The number of likely N-dealkylation sites (N-methyl/N-ethyl adjacent to an activating group) is 1. The van der Waals surface area contributed by atoms with E-state index in [0.717, 1.165) is 46.7 Å². The molecule has 44 heavy (non-hydrogen) atoms. The van der Waals surface area contributed by atoms with Crippen LogP contribution >= 0.6 is 0 Å². The summed E-state index contributed by atoms with van der Waals surface area (Å²) in [6, 6.07) is 17.1. The fourth-order valence-corrected chi connectivity index (χ4v) is 5.67. The molecule has 0 N–H and O–H groups in total. The van der Waals surface area contributed by atoms with Crippen molar-refractivity contribution in [3.63, 3.8) is 0 Å². The lowest BCUT2D eigenvalue weighted by Crippen LogP contribution is -2.45. The monoisotopic (exact) mass is 603 g/mol. The standard InChI is InChI=1S/C36H40F3N3O2/c1-7-40(15-16-41(35(4,5)6)21-27-23-44-33-18-25(3)24(2)17-31(33)34(27)43)20-26-22-42(32-14-9-8-13-30(26)32)29-12-10-11-28(19-29)36(37,38)39/h8-14,17-19,22-23H,7,15-16,20-21H2,1-6H3. The van der Waals surface area contributed by atoms with Crippen LogP contribution in [-0.4, -0.2) is 39.5 Å². The highest BCUT2D eigenvalue weighted by molar-refractivity contribution is 5.85. The summed E-state index contributed by atoms with van der Waals surface area (Å²) in [5.41, 5.74) is 4.88. The predicted octanol–water partition coefficient (Wildman–Crippen LogP) is 8.50. The first-order valence-electron chi connectivity index (χ1n) is 15.0. The van der Waals surface area contributed by atoms with Crippen molar-refractivity contribution in [2.24, 2.45) is 0 Å². The third-order valence-electron chi connectivity index (χ3n) is 8.54. The van der Waals surface area contributed by atoms with Gasteiger partial charge in [0.05, 0.1) is 22.7 Å². The van der Waals surface area contributed by atoms with Crippen LogP contribution in [0.3, 0.4) is 0 Å². The lowest BCUT2D eigenvalue weighted by molar-refractivity contribution is -0.137. The molecule has 0 radical (unpaired) electrons. The third-order valence-corrected chi connectivity index (χ3v) is 8.54. The first-order valence-corrected chi connectivity index (χ1v) is 15.0. The molecule has 3 aromatic carbocycles. The van der Waals surface area contributed by atoms with Crippen LogP contribution in [-0.2, 0) is 19.3 Å². The van der Waals surface area contributed by atoms with Crippen LogP contribution in [0.15, 0.2) is 82.3 Å². The Balaban J connectivity index is 1.38. The van der Waals surface area contributed by atoms with Crippen LogP contribution in [0.1, 0.15) is 55.5 Å². The number of aryl methyl sites for hydroxylation is 2. The van der Waals surface area contributed by atoms with Crippen molar-refractivity contribution in [2.75, 3.05) is 19.6 Å². The van der Waals surface area contributed by atoms with Gasteiger partial charge in [-0.05, 0) is 94.3 Å². The van der Waals surface area contributed by atoms with E-state index in [2.05, 4.69) is 37.5 Å². The Bertz CT molecular complexity index is 1850. The molecule has 232 valence electrons. The zero-order chi connectivity index (χ0) is 31.8. The Morgan fingerprint density at radius 3 is 2.27 bits per heavy atom. The largest absolute Gasteiger partial charge is 0.464 e. The first kappa shape index (κ1) is 31.5. The summed E-state index contributed by atoms with van der Waals surface area (Å²) in [5.74, 6) is 0. The molecule has 0 saturated heterocycles. The fraction of sp³-hybridized carbons (Fsp3) is 0.361. The number of halogens is 3. The molecule has 0 atom stereocenters. The summed E-state index contributed by atoms with van der Waals surface area (Å²) in [4.78, 5) is 18.1. The van der Waals surface area contributed by atoms with Crippen LogP contribution in [0.4, 0.5) is 13.2 Å². The average molecular weight is 604 g/mol. The molecule has 5 rings (SSSR count). The number of alkyl halides is 3. The molecule has 8 heteroatoms. The first-order chi connectivity index (χ1) is 20.8. The van der Waals surface area contributed by atoms with Gasteiger partial charge in [0.2, 0.25) is 0 Å². The number of rotatable bonds is 9. The normalized spacial score (nSPS) is 12.7. The van der Waals surface area contributed by atoms with Crippen LogP contribution in [0.2, 0.25) is 0 Å². The molecular formula is C36H40F3N3O2. The van der Waals surface area contributed by atoms with Crippen molar-refractivity contribution < 1.29 is 17.6 Å². The maximum Gasteiger partial charge on any atom is 0.416 e. The topological polar surface area (TPSA) is 41.6 Å². The van der Waals surface area contributed by atoms with Gasteiger partial charge in [-0.3, -0.25) is 14.6 Å². The highest BCUT2D eigenvalue weighted by atomic mass is 19.4. The highest BCUT2D eigenvalue weighted by Crippen LogP contribution is 2.32. The summed E-state index contributed by atoms with van der Waals surface area (Å²) in [6.45, 7) is 15.9. The lowest BCUT2D eigenvalue weighted by atomic mass is 10.0. The molecule has 0 saturated carbocycles. The van der Waals surface area contributed by atoms with Gasteiger partial charge in [0.1, 0.15) is 5.58 Å². The zero-order valence-electron chi connectivity index (χ0n) is 26.3. The number of hydrogen-bond donors (Lipinski definition) is 0. The minimum absolute atomic E-state index is 0.00153. The Labute approximate surface area is 256 Å². The van der Waals surface area contributed by atoms with Gasteiger partial charge in [-0.2, -0.15) is 13.2 Å². The molecule has 5 aromatic rings. The summed E-state index contributed by atoms with van der Waals surface area (Å²) < 4.78 is 48.2. The minimum atomic E-state index is -4.41. The quantitative estimate of drug-likeness (QED) is 0.169. The van der Waals surface area contributed by atoms with E-state index in [0.29, 0.717) is 41.9 Å². The maximum atomic E-state index is 13.5. The van der Waals surface area contributed by atoms with Crippen molar-refractivity contribution in [2.45, 2.75) is 66.3 Å². The van der Waals surface area contributed by atoms with Crippen molar-refractivity contribution in [3.05, 3.63) is 111 Å². The summed E-state index contributed by atoms with van der Waals surface area (Å²) in [5, 5.41) is 1.61. The number of hydrogen-bond acceptors (Lipinski definition) is 4. The second-order valence-electron chi connectivity index (χ2n) is 12.6. The van der Waals surface area contributed by atoms with E-state index < -0.39 is 11.7 Å². The molecule has 0 aliphatic heterocycles. The van der Waals surface area contributed by atoms with E-state index in [1.54, 1.807) is 12.3 Å². The van der Waals surface area contributed by atoms with Gasteiger partial charge in [-0.15, -0.1) is 0 Å². The molecule has 0 spiro atoms. The van der Waals surface area contributed by atoms with Gasteiger partial charge in [0, 0.05) is 54.6 Å². The summed E-state index contributed by atoms with van der Waals surface area (Å²) in [7, 11) is 0. The number of aromatic nitrogens is 1. The minimum Gasteiger partial charge on any atom is -0.464 e. The fourth-order valence-electron chi connectivity index (χ4n) is 5.67. The Morgan fingerprint density at radius 1 is 0.841 bits per heavy atom. The van der Waals surface area contributed by atoms with Crippen LogP contribution in [0, 0.1) is 13.8 Å². The SMILES string of the molecule is CCN(CCN(Cc1coc2cc(C)c(C)cc2c1=O)C(C)(C)C)Cc1cn(-c2cccc(C(F)(F)F)c2)c2ccccc12. The van der Waals surface area contributed by atoms with Gasteiger partial charge in [0.25, 0.3) is 0 Å². The smallest absolute Gasteiger partial charge is 0.416 e. The predicted molar refractivity (Wildman–Crippen MR) is 171 cm³/mol. The van der Waals surface area contributed by atoms with Crippen LogP contribution in [0.5, 0.6) is 0 Å². The van der Waals surface area contributed by atoms with E-state index in [4.69, 9.17) is 4.42 Å². The molecule has 0 unspecified atom stereocenters. The molecular weight excluding hydrogens is 563 g/mol. The number of nitrogens with zero attached hydrogens (tertiary/aromatic N) is 3. The number of benzene rings is 3.